The van der Waals surface area contributed by atoms with Crippen molar-refractivity contribution in [1.29, 1.82) is 0 Å². The van der Waals surface area contributed by atoms with E-state index in [0.717, 1.165) is 0 Å². The van der Waals surface area contributed by atoms with E-state index in [9.17, 15) is 14.4 Å². The number of ether oxygens (including phenoxy) is 1. The molecule has 0 saturated carbocycles. The molecular weight excluding hydrogens is 300 g/mol. The number of hydrogen-bond acceptors (Lipinski definition) is 5. The third-order valence-electron chi connectivity index (χ3n) is 2.62. The van der Waals surface area contributed by atoms with Crippen LogP contribution in [0.3, 0.4) is 0 Å². The van der Waals surface area contributed by atoms with Crippen molar-refractivity contribution in [3.05, 3.63) is 30.3 Å². The van der Waals surface area contributed by atoms with Crippen LogP contribution in [0.25, 0.3) is 0 Å². The van der Waals surface area contributed by atoms with Gasteiger partial charge in [-0.15, -0.1) is 0 Å². The molecule has 3 N–H and O–H groups in total. The predicted molar refractivity (Wildman–Crippen MR) is 85.8 cm³/mol. The van der Waals surface area contributed by atoms with Crippen molar-refractivity contribution in [1.82, 2.24) is 10.7 Å². The highest BCUT2D eigenvalue weighted by molar-refractivity contribution is 6.35. The fraction of sp³-hybridized carbons (Fsp3) is 0.333. The van der Waals surface area contributed by atoms with Crippen molar-refractivity contribution in [2.45, 2.75) is 13.3 Å². The molecule has 0 unspecified atom stereocenters. The van der Waals surface area contributed by atoms with Crippen LogP contribution in [0.15, 0.2) is 35.4 Å². The highest BCUT2D eigenvalue weighted by Crippen LogP contribution is 2.05. The molecule has 3 amide bonds. The third kappa shape index (κ3) is 7.72. The van der Waals surface area contributed by atoms with Gasteiger partial charge in [-0.05, 0) is 19.1 Å². The number of methoxy groups -OCH3 is 1. The number of nitrogens with one attached hydrogen (secondary N) is 3. The highest BCUT2D eigenvalue weighted by atomic mass is 16.5. The third-order valence-corrected chi connectivity index (χ3v) is 2.62. The smallest absolute Gasteiger partial charge is 0.329 e. The number of carbonyl (C=O) groups excluding carboxylic acids is 3. The number of hydrogen-bond donors (Lipinski definition) is 3. The lowest BCUT2D eigenvalue weighted by atomic mass is 10.2. The second-order valence-electron chi connectivity index (χ2n) is 4.63. The monoisotopic (exact) mass is 320 g/mol. The topological polar surface area (TPSA) is 109 Å². The van der Waals surface area contributed by atoms with E-state index in [4.69, 9.17) is 4.74 Å². The molecule has 0 saturated heterocycles. The zero-order chi connectivity index (χ0) is 17.1. The van der Waals surface area contributed by atoms with Gasteiger partial charge < -0.3 is 15.4 Å². The number of hydrazone groups is 1. The van der Waals surface area contributed by atoms with Gasteiger partial charge in [-0.3, -0.25) is 14.4 Å². The first-order valence-electron chi connectivity index (χ1n) is 6.98. The second-order valence-corrected chi connectivity index (χ2v) is 4.63. The van der Waals surface area contributed by atoms with Crippen LogP contribution in [-0.2, 0) is 19.1 Å². The summed E-state index contributed by atoms with van der Waals surface area (Å²) < 4.78 is 4.74. The molecule has 8 heteroatoms. The average molecular weight is 320 g/mol. The van der Waals surface area contributed by atoms with Gasteiger partial charge in [0.1, 0.15) is 0 Å². The van der Waals surface area contributed by atoms with Crippen molar-refractivity contribution in [2.75, 3.05) is 25.6 Å². The van der Waals surface area contributed by atoms with Crippen LogP contribution in [0.1, 0.15) is 13.3 Å². The Morgan fingerprint density at radius 1 is 1.13 bits per heavy atom. The molecule has 0 atom stereocenters. The number of rotatable bonds is 7. The fourth-order valence-corrected chi connectivity index (χ4v) is 1.54. The van der Waals surface area contributed by atoms with Gasteiger partial charge in [-0.1, -0.05) is 18.2 Å². The molecule has 1 aromatic rings. The molecule has 0 bridgehead atoms. The fourth-order valence-electron chi connectivity index (χ4n) is 1.54. The Morgan fingerprint density at radius 2 is 1.83 bits per heavy atom. The van der Waals surface area contributed by atoms with E-state index >= 15 is 0 Å². The highest BCUT2D eigenvalue weighted by Gasteiger charge is 2.12. The summed E-state index contributed by atoms with van der Waals surface area (Å²) in [6.45, 7) is 2.11. The van der Waals surface area contributed by atoms with E-state index in [2.05, 4.69) is 21.2 Å². The van der Waals surface area contributed by atoms with Crippen LogP contribution >= 0.6 is 0 Å². The summed E-state index contributed by atoms with van der Waals surface area (Å²) in [7, 11) is 1.49. The largest absolute Gasteiger partial charge is 0.383 e. The molecule has 0 radical (unpaired) electrons. The number of para-hydroxylation sites is 1. The lowest BCUT2D eigenvalue weighted by Gasteiger charge is -2.05. The van der Waals surface area contributed by atoms with Gasteiger partial charge >= 0.3 is 11.8 Å². The Bertz CT molecular complexity index is 572. The van der Waals surface area contributed by atoms with Gasteiger partial charge in [0.2, 0.25) is 5.91 Å². The van der Waals surface area contributed by atoms with Gasteiger partial charge in [0.05, 0.1) is 13.0 Å². The second kappa shape index (κ2) is 10.1. The van der Waals surface area contributed by atoms with E-state index in [1.54, 1.807) is 31.2 Å². The summed E-state index contributed by atoms with van der Waals surface area (Å²) in [5.74, 6) is -1.98. The minimum absolute atomic E-state index is 0.000464. The lowest BCUT2D eigenvalue weighted by molar-refractivity contribution is -0.139. The SMILES string of the molecule is COCCNC(=O)C(=O)NN=C(C)CC(=O)Nc1ccccc1. The Balaban J connectivity index is 2.37. The summed E-state index contributed by atoms with van der Waals surface area (Å²) in [6, 6.07) is 8.97. The molecule has 8 nitrogen and oxygen atoms in total. The number of carbonyl (C=O) groups is 3. The maximum atomic E-state index is 11.8. The Kier molecular flexibility index (Phi) is 8.01. The summed E-state index contributed by atoms with van der Waals surface area (Å²) in [4.78, 5) is 34.6. The average Bonchev–Trinajstić information content (AvgIpc) is 2.53. The van der Waals surface area contributed by atoms with Crippen molar-refractivity contribution in [2.24, 2.45) is 5.10 Å². The van der Waals surface area contributed by atoms with E-state index in [-0.39, 0.29) is 18.9 Å². The predicted octanol–water partition coefficient (Wildman–Crippen LogP) is 0.270. The summed E-state index contributed by atoms with van der Waals surface area (Å²) >= 11 is 0. The number of nitrogens with zero attached hydrogens (tertiary/aromatic N) is 1. The van der Waals surface area contributed by atoms with Crippen LogP contribution in [0, 0.1) is 0 Å². The number of anilines is 1. The zero-order valence-electron chi connectivity index (χ0n) is 13.1. The molecule has 1 aromatic carbocycles. The van der Waals surface area contributed by atoms with Crippen LogP contribution in [0.2, 0.25) is 0 Å². The maximum absolute atomic E-state index is 11.8. The molecule has 0 spiro atoms. The van der Waals surface area contributed by atoms with Crippen molar-refractivity contribution in [3.63, 3.8) is 0 Å². The van der Waals surface area contributed by atoms with Gasteiger partial charge in [0.15, 0.2) is 0 Å². The van der Waals surface area contributed by atoms with Crippen molar-refractivity contribution in [3.8, 4) is 0 Å². The lowest BCUT2D eigenvalue weighted by Crippen LogP contribution is -2.39. The van der Waals surface area contributed by atoms with Gasteiger partial charge in [-0.2, -0.15) is 5.10 Å². The Hall–Kier alpha value is -2.74. The Morgan fingerprint density at radius 3 is 2.48 bits per heavy atom. The van der Waals surface area contributed by atoms with E-state index in [1.165, 1.54) is 7.11 Å². The van der Waals surface area contributed by atoms with Crippen LogP contribution in [0.4, 0.5) is 5.69 Å². The molecule has 0 heterocycles. The molecule has 0 aromatic heterocycles. The van der Waals surface area contributed by atoms with E-state index < -0.39 is 11.8 Å². The van der Waals surface area contributed by atoms with Crippen molar-refractivity contribution >= 4 is 29.1 Å². The summed E-state index contributed by atoms with van der Waals surface area (Å²) in [5, 5.41) is 8.77. The van der Waals surface area contributed by atoms with Crippen LogP contribution in [0.5, 0.6) is 0 Å². The van der Waals surface area contributed by atoms with Gasteiger partial charge in [0, 0.05) is 25.1 Å². The molecule has 23 heavy (non-hydrogen) atoms. The van der Waals surface area contributed by atoms with E-state index in [1.807, 2.05) is 6.07 Å². The molecule has 124 valence electrons. The molecule has 0 aliphatic heterocycles. The van der Waals surface area contributed by atoms with Gasteiger partial charge in [0.25, 0.3) is 0 Å². The normalized spacial score (nSPS) is 10.8. The first-order chi connectivity index (χ1) is 11.0. The van der Waals surface area contributed by atoms with E-state index in [0.29, 0.717) is 18.0 Å². The van der Waals surface area contributed by atoms with Gasteiger partial charge in [-0.25, -0.2) is 5.43 Å². The zero-order valence-corrected chi connectivity index (χ0v) is 13.1. The maximum Gasteiger partial charge on any atom is 0.329 e. The molecular formula is C15H20N4O4. The summed E-state index contributed by atoms with van der Waals surface area (Å²) in [5.41, 5.74) is 3.14. The molecule has 0 aliphatic rings. The minimum atomic E-state index is -0.899. The summed E-state index contributed by atoms with van der Waals surface area (Å²) in [6.07, 6.45) is 0.000464. The number of benzene rings is 1. The minimum Gasteiger partial charge on any atom is -0.383 e. The first-order valence-corrected chi connectivity index (χ1v) is 6.98. The van der Waals surface area contributed by atoms with Crippen molar-refractivity contribution < 1.29 is 19.1 Å². The van der Waals surface area contributed by atoms with Crippen LogP contribution in [-0.4, -0.2) is 43.7 Å². The van der Waals surface area contributed by atoms with Crippen LogP contribution < -0.4 is 16.1 Å². The quantitative estimate of drug-likeness (QED) is 0.290. The molecule has 1 rings (SSSR count). The Labute approximate surface area is 134 Å². The first kappa shape index (κ1) is 18.3. The number of amides is 3. The standard InChI is InChI=1S/C15H20N4O4/c1-11(10-13(20)17-12-6-4-3-5-7-12)18-19-15(22)14(21)16-8-9-23-2/h3-7H,8-10H2,1-2H3,(H,16,21)(H,17,20)(H,19,22). The molecule has 0 fully saturated rings. The molecule has 0 aliphatic carbocycles.